The van der Waals surface area contributed by atoms with Crippen molar-refractivity contribution in [3.05, 3.63) is 35.9 Å². The van der Waals surface area contributed by atoms with Crippen molar-refractivity contribution in [1.29, 1.82) is 0 Å². The predicted molar refractivity (Wildman–Crippen MR) is 103 cm³/mol. The topological polar surface area (TPSA) is 81.0 Å². The predicted octanol–water partition coefficient (Wildman–Crippen LogP) is 2.69. The van der Waals surface area contributed by atoms with Crippen LogP contribution in [0.4, 0.5) is 0 Å². The third-order valence-corrected chi connectivity index (χ3v) is 6.80. The van der Waals surface area contributed by atoms with E-state index in [4.69, 9.17) is 0 Å². The fourth-order valence-electron chi connectivity index (χ4n) is 3.24. The molecule has 0 aromatic carbocycles. The van der Waals surface area contributed by atoms with Gasteiger partial charge >= 0.3 is 0 Å². The van der Waals surface area contributed by atoms with E-state index in [0.717, 1.165) is 35.1 Å². The van der Waals surface area contributed by atoms with Gasteiger partial charge in [-0.2, -0.15) is 0 Å². The zero-order valence-corrected chi connectivity index (χ0v) is 17.0. The SMILES string of the molecule is CC(C)n1c(SCc2cccnc2)nnc1[C@@H]1CCCN(S(C)(=O)=O)C1. The number of hydrogen-bond donors (Lipinski definition) is 0. The maximum Gasteiger partial charge on any atom is 0.211 e. The van der Waals surface area contributed by atoms with Gasteiger partial charge in [0.2, 0.25) is 10.0 Å². The van der Waals surface area contributed by atoms with Gasteiger partial charge in [0.25, 0.3) is 0 Å². The second kappa shape index (κ2) is 8.06. The summed E-state index contributed by atoms with van der Waals surface area (Å²) in [6.45, 7) is 5.29. The van der Waals surface area contributed by atoms with E-state index in [2.05, 4.69) is 33.6 Å². The molecule has 26 heavy (non-hydrogen) atoms. The molecule has 1 aliphatic heterocycles. The number of sulfonamides is 1. The van der Waals surface area contributed by atoms with E-state index in [1.807, 2.05) is 18.3 Å². The van der Waals surface area contributed by atoms with E-state index < -0.39 is 10.0 Å². The van der Waals surface area contributed by atoms with Crippen molar-refractivity contribution in [3.63, 3.8) is 0 Å². The van der Waals surface area contributed by atoms with E-state index in [9.17, 15) is 8.42 Å². The summed E-state index contributed by atoms with van der Waals surface area (Å²) in [5.41, 5.74) is 1.14. The van der Waals surface area contributed by atoms with Crippen LogP contribution in [0, 0.1) is 0 Å². The van der Waals surface area contributed by atoms with Crippen molar-refractivity contribution in [2.75, 3.05) is 19.3 Å². The molecule has 142 valence electrons. The summed E-state index contributed by atoms with van der Waals surface area (Å²) in [5, 5.41) is 9.72. The lowest BCUT2D eigenvalue weighted by molar-refractivity contribution is 0.302. The second-order valence-electron chi connectivity index (χ2n) is 6.91. The van der Waals surface area contributed by atoms with Gasteiger partial charge in [-0.3, -0.25) is 4.98 Å². The first-order valence-corrected chi connectivity index (χ1v) is 11.6. The van der Waals surface area contributed by atoms with Crippen molar-refractivity contribution < 1.29 is 8.42 Å². The lowest BCUT2D eigenvalue weighted by Gasteiger charge is -2.31. The zero-order chi connectivity index (χ0) is 18.7. The maximum absolute atomic E-state index is 11.9. The van der Waals surface area contributed by atoms with Gasteiger partial charge in [-0.25, -0.2) is 12.7 Å². The Morgan fingerprint density at radius 2 is 2.15 bits per heavy atom. The Kier molecular flexibility index (Phi) is 5.99. The number of thioether (sulfide) groups is 1. The number of aromatic nitrogens is 4. The average Bonchev–Trinajstić information content (AvgIpc) is 3.04. The first-order chi connectivity index (χ1) is 12.4. The molecular weight excluding hydrogens is 370 g/mol. The molecule has 0 bridgehead atoms. The fraction of sp³-hybridized carbons (Fsp3) is 0.588. The van der Waals surface area contributed by atoms with E-state index in [0.29, 0.717) is 13.1 Å². The molecule has 7 nitrogen and oxygen atoms in total. The molecule has 1 fully saturated rings. The Bertz CT molecular complexity index is 836. The number of nitrogens with zero attached hydrogens (tertiary/aromatic N) is 5. The molecule has 2 aromatic heterocycles. The number of hydrogen-bond acceptors (Lipinski definition) is 6. The first kappa shape index (κ1) is 19.3. The van der Waals surface area contributed by atoms with Crippen molar-refractivity contribution >= 4 is 21.8 Å². The number of piperidine rings is 1. The summed E-state index contributed by atoms with van der Waals surface area (Å²) in [6.07, 6.45) is 6.68. The summed E-state index contributed by atoms with van der Waals surface area (Å²) in [7, 11) is -3.18. The molecule has 1 atom stereocenters. The Morgan fingerprint density at radius 3 is 2.81 bits per heavy atom. The van der Waals surface area contributed by atoms with Crippen LogP contribution in [-0.2, 0) is 15.8 Å². The Balaban J connectivity index is 1.80. The van der Waals surface area contributed by atoms with Gasteiger partial charge in [-0.1, -0.05) is 17.8 Å². The fourth-order valence-corrected chi connectivity index (χ4v) is 5.16. The van der Waals surface area contributed by atoms with Crippen LogP contribution >= 0.6 is 11.8 Å². The van der Waals surface area contributed by atoms with Crippen LogP contribution < -0.4 is 0 Å². The minimum atomic E-state index is -3.18. The van der Waals surface area contributed by atoms with Crippen LogP contribution in [-0.4, -0.2) is 51.8 Å². The summed E-state index contributed by atoms with van der Waals surface area (Å²) < 4.78 is 27.5. The molecule has 3 heterocycles. The van der Waals surface area contributed by atoms with E-state index >= 15 is 0 Å². The van der Waals surface area contributed by atoms with Crippen molar-refractivity contribution in [2.45, 2.75) is 49.6 Å². The summed E-state index contributed by atoms with van der Waals surface area (Å²) in [4.78, 5) is 4.15. The molecule has 1 aliphatic rings. The van der Waals surface area contributed by atoms with Gasteiger partial charge in [-0.15, -0.1) is 10.2 Å². The van der Waals surface area contributed by atoms with Gasteiger partial charge in [0.15, 0.2) is 5.16 Å². The lowest BCUT2D eigenvalue weighted by atomic mass is 9.98. The lowest BCUT2D eigenvalue weighted by Crippen LogP contribution is -2.39. The maximum atomic E-state index is 11.9. The van der Waals surface area contributed by atoms with Crippen LogP contribution in [0.15, 0.2) is 29.7 Å². The van der Waals surface area contributed by atoms with Crippen molar-refractivity contribution in [2.24, 2.45) is 0 Å². The summed E-state index contributed by atoms with van der Waals surface area (Å²) >= 11 is 1.64. The molecule has 0 aliphatic carbocycles. The molecule has 0 amide bonds. The van der Waals surface area contributed by atoms with Crippen LogP contribution in [0.25, 0.3) is 0 Å². The van der Waals surface area contributed by atoms with E-state index in [1.54, 1.807) is 22.3 Å². The number of pyridine rings is 1. The normalized spacial score (nSPS) is 19.2. The highest BCUT2D eigenvalue weighted by Gasteiger charge is 2.31. The molecule has 0 spiro atoms. The summed E-state index contributed by atoms with van der Waals surface area (Å²) in [5.74, 6) is 1.75. The largest absolute Gasteiger partial charge is 0.303 e. The average molecular weight is 396 g/mol. The molecule has 0 saturated carbocycles. The molecule has 1 saturated heterocycles. The van der Waals surface area contributed by atoms with Crippen molar-refractivity contribution in [3.8, 4) is 0 Å². The quantitative estimate of drug-likeness (QED) is 0.700. The van der Waals surface area contributed by atoms with Gasteiger partial charge in [0.05, 0.1) is 6.26 Å². The highest BCUT2D eigenvalue weighted by atomic mass is 32.2. The highest BCUT2D eigenvalue weighted by Crippen LogP contribution is 2.32. The third-order valence-electron chi connectivity index (χ3n) is 4.52. The van der Waals surface area contributed by atoms with Gasteiger partial charge in [0.1, 0.15) is 5.82 Å². The van der Waals surface area contributed by atoms with Crippen LogP contribution in [0.2, 0.25) is 0 Å². The van der Waals surface area contributed by atoms with Crippen LogP contribution in [0.5, 0.6) is 0 Å². The first-order valence-electron chi connectivity index (χ1n) is 8.78. The van der Waals surface area contributed by atoms with Gasteiger partial charge < -0.3 is 4.57 Å². The molecule has 0 unspecified atom stereocenters. The molecule has 0 radical (unpaired) electrons. The molecule has 9 heteroatoms. The minimum absolute atomic E-state index is 0.0844. The Labute approximate surface area is 159 Å². The van der Waals surface area contributed by atoms with E-state index in [1.165, 1.54) is 6.26 Å². The molecule has 3 rings (SSSR count). The number of rotatable bonds is 6. The van der Waals surface area contributed by atoms with Gasteiger partial charge in [0, 0.05) is 43.2 Å². The third kappa shape index (κ3) is 4.44. The molecule has 2 aromatic rings. The second-order valence-corrected chi connectivity index (χ2v) is 9.84. The van der Waals surface area contributed by atoms with Crippen LogP contribution in [0.3, 0.4) is 0 Å². The Morgan fingerprint density at radius 1 is 1.35 bits per heavy atom. The summed E-state index contributed by atoms with van der Waals surface area (Å²) in [6, 6.07) is 4.18. The standard InChI is InChI=1S/C17H25N5O2S2/c1-13(2)22-16(15-7-5-9-21(11-15)26(3,23)24)19-20-17(22)25-12-14-6-4-8-18-10-14/h4,6,8,10,13,15H,5,7,9,11-12H2,1-3H3/t15-/m1/s1. The van der Waals surface area contributed by atoms with Crippen molar-refractivity contribution in [1.82, 2.24) is 24.1 Å². The zero-order valence-electron chi connectivity index (χ0n) is 15.4. The van der Waals surface area contributed by atoms with Crippen LogP contribution in [0.1, 0.15) is 50.0 Å². The Hall–Kier alpha value is -1.45. The smallest absolute Gasteiger partial charge is 0.211 e. The molecule has 0 N–H and O–H groups in total. The van der Waals surface area contributed by atoms with E-state index in [-0.39, 0.29) is 12.0 Å². The monoisotopic (exact) mass is 395 g/mol. The van der Waals surface area contributed by atoms with Gasteiger partial charge in [-0.05, 0) is 38.3 Å². The highest BCUT2D eigenvalue weighted by molar-refractivity contribution is 7.98. The molecular formula is C17H25N5O2S2. The minimum Gasteiger partial charge on any atom is -0.303 e.